The monoisotopic (exact) mass is 234 g/mol. The van der Waals surface area contributed by atoms with Gasteiger partial charge >= 0.3 is 0 Å². The van der Waals surface area contributed by atoms with Crippen molar-refractivity contribution in [2.24, 2.45) is 5.92 Å². The van der Waals surface area contributed by atoms with Crippen LogP contribution in [0, 0.1) is 12.8 Å². The summed E-state index contributed by atoms with van der Waals surface area (Å²) in [7, 11) is 0. The van der Waals surface area contributed by atoms with E-state index in [0.717, 1.165) is 17.5 Å². The van der Waals surface area contributed by atoms with Crippen molar-refractivity contribution in [3.63, 3.8) is 0 Å². The maximum atomic E-state index is 13.2. The summed E-state index contributed by atoms with van der Waals surface area (Å²) in [5.41, 5.74) is 4.44. The minimum Gasteiger partial charge on any atom is -0.243 e. The molecule has 94 valence electrons. The van der Waals surface area contributed by atoms with E-state index in [0.29, 0.717) is 5.92 Å². The third kappa shape index (κ3) is 3.69. The Balaban J connectivity index is 3.04. The molecule has 0 N–H and O–H groups in total. The number of hydrogen-bond acceptors (Lipinski definition) is 0. The van der Waals surface area contributed by atoms with Crippen molar-refractivity contribution in [3.05, 3.63) is 41.0 Å². The van der Waals surface area contributed by atoms with Gasteiger partial charge in [0.2, 0.25) is 0 Å². The molecule has 1 aromatic carbocycles. The number of halogens is 1. The van der Waals surface area contributed by atoms with Crippen LogP contribution in [0.2, 0.25) is 0 Å². The van der Waals surface area contributed by atoms with Gasteiger partial charge in [-0.25, -0.2) is 4.39 Å². The summed E-state index contributed by atoms with van der Waals surface area (Å²) in [4.78, 5) is 0. The Kier molecular flexibility index (Phi) is 4.92. The van der Waals surface area contributed by atoms with E-state index in [1.54, 1.807) is 6.92 Å². The van der Waals surface area contributed by atoms with E-state index in [1.807, 2.05) is 18.2 Å². The van der Waals surface area contributed by atoms with Gasteiger partial charge in [0.1, 0.15) is 6.17 Å². The lowest BCUT2D eigenvalue weighted by atomic mass is 9.95. The average molecular weight is 234 g/mol. The minimum atomic E-state index is -0.887. The zero-order valence-electron chi connectivity index (χ0n) is 11.5. The molecule has 0 heterocycles. The van der Waals surface area contributed by atoms with Crippen LogP contribution in [-0.4, -0.2) is 0 Å². The molecule has 0 fully saturated rings. The zero-order chi connectivity index (χ0) is 13.0. The molecule has 1 rings (SSSR count). The van der Waals surface area contributed by atoms with Crippen LogP contribution in [-0.2, 0) is 0 Å². The summed E-state index contributed by atoms with van der Waals surface area (Å²) in [6, 6.07) is 5.88. The number of rotatable bonds is 4. The van der Waals surface area contributed by atoms with Crippen molar-refractivity contribution in [3.8, 4) is 0 Å². The van der Waals surface area contributed by atoms with Crippen LogP contribution in [0.3, 0.4) is 0 Å². The van der Waals surface area contributed by atoms with Crippen LogP contribution >= 0.6 is 0 Å². The lowest BCUT2D eigenvalue weighted by Gasteiger charge is -2.11. The van der Waals surface area contributed by atoms with Crippen molar-refractivity contribution in [2.75, 3.05) is 0 Å². The van der Waals surface area contributed by atoms with Gasteiger partial charge in [0.15, 0.2) is 0 Å². The molecule has 0 aromatic heterocycles. The molecule has 0 aliphatic rings. The summed E-state index contributed by atoms with van der Waals surface area (Å²) in [6.45, 7) is 10.2. The first-order chi connectivity index (χ1) is 7.95. The fourth-order valence-corrected chi connectivity index (χ4v) is 2.01. The second-order valence-electron chi connectivity index (χ2n) is 4.93. The van der Waals surface area contributed by atoms with E-state index >= 15 is 0 Å². The van der Waals surface area contributed by atoms with Gasteiger partial charge in [-0.05, 0) is 49.0 Å². The van der Waals surface area contributed by atoms with E-state index in [9.17, 15) is 4.39 Å². The first-order valence-electron chi connectivity index (χ1n) is 6.39. The minimum absolute atomic E-state index is 0.592. The average Bonchev–Trinajstić information content (AvgIpc) is 2.28. The number of aryl methyl sites for hydroxylation is 1. The zero-order valence-corrected chi connectivity index (χ0v) is 11.5. The second-order valence-corrected chi connectivity index (χ2v) is 4.93. The summed E-state index contributed by atoms with van der Waals surface area (Å²) >= 11 is 0. The molecular weight excluding hydrogens is 211 g/mol. The third-order valence-corrected chi connectivity index (χ3v) is 3.31. The van der Waals surface area contributed by atoms with Crippen LogP contribution in [0.25, 0.3) is 5.57 Å². The van der Waals surface area contributed by atoms with Gasteiger partial charge in [-0.15, -0.1) is 0 Å². The fourth-order valence-electron chi connectivity index (χ4n) is 2.01. The van der Waals surface area contributed by atoms with Gasteiger partial charge in [0.05, 0.1) is 0 Å². The van der Waals surface area contributed by atoms with Gasteiger partial charge < -0.3 is 0 Å². The van der Waals surface area contributed by atoms with Gasteiger partial charge in [-0.3, -0.25) is 0 Å². The maximum absolute atomic E-state index is 13.2. The molecule has 0 aliphatic carbocycles. The highest BCUT2D eigenvalue weighted by Gasteiger charge is 2.07. The molecule has 1 aromatic rings. The van der Waals surface area contributed by atoms with E-state index in [-0.39, 0.29) is 0 Å². The van der Waals surface area contributed by atoms with E-state index in [2.05, 4.69) is 33.8 Å². The van der Waals surface area contributed by atoms with E-state index in [4.69, 9.17) is 0 Å². The van der Waals surface area contributed by atoms with Crippen molar-refractivity contribution in [1.82, 2.24) is 0 Å². The highest BCUT2D eigenvalue weighted by atomic mass is 19.1. The highest BCUT2D eigenvalue weighted by molar-refractivity contribution is 5.67. The molecule has 17 heavy (non-hydrogen) atoms. The van der Waals surface area contributed by atoms with Crippen LogP contribution in [0.5, 0.6) is 0 Å². The lowest BCUT2D eigenvalue weighted by Crippen LogP contribution is -1.93. The molecule has 0 saturated carbocycles. The van der Waals surface area contributed by atoms with Crippen molar-refractivity contribution in [1.29, 1.82) is 0 Å². The summed E-state index contributed by atoms with van der Waals surface area (Å²) in [5.74, 6) is 0.592. The van der Waals surface area contributed by atoms with Crippen molar-refractivity contribution in [2.45, 2.75) is 47.2 Å². The Labute approximate surface area is 105 Å². The molecule has 0 spiro atoms. The summed E-state index contributed by atoms with van der Waals surface area (Å²) in [5, 5.41) is 0. The predicted octanol–water partition coefficient (Wildman–Crippen LogP) is 5.47. The second kappa shape index (κ2) is 6.00. The van der Waals surface area contributed by atoms with Crippen LogP contribution in [0.4, 0.5) is 4.39 Å². The molecular formula is C16H23F. The Bertz CT molecular complexity index is 402. The Morgan fingerprint density at radius 1 is 1.35 bits per heavy atom. The quantitative estimate of drug-likeness (QED) is 0.647. The number of alkyl halides is 1. The van der Waals surface area contributed by atoms with Crippen molar-refractivity contribution < 1.29 is 4.39 Å². The number of benzene rings is 1. The van der Waals surface area contributed by atoms with Gasteiger partial charge in [0.25, 0.3) is 0 Å². The molecule has 0 nitrogen and oxygen atoms in total. The molecule has 2 unspecified atom stereocenters. The summed E-state index contributed by atoms with van der Waals surface area (Å²) < 4.78 is 13.2. The lowest BCUT2D eigenvalue weighted by molar-refractivity contribution is 0.374. The largest absolute Gasteiger partial charge is 0.243 e. The molecule has 0 amide bonds. The smallest absolute Gasteiger partial charge is 0.122 e. The normalized spacial score (nSPS) is 15.8. The standard InChI is InChI=1S/C16H23F/c1-6-11(2)9-12(3)16-8-7-15(14(5)17)10-13(16)4/h7-11,14H,6H2,1-5H3/b12-9-. The maximum Gasteiger partial charge on any atom is 0.122 e. The van der Waals surface area contributed by atoms with Gasteiger partial charge in [-0.1, -0.05) is 44.5 Å². The van der Waals surface area contributed by atoms with Crippen molar-refractivity contribution >= 4 is 5.57 Å². The topological polar surface area (TPSA) is 0 Å². The molecule has 0 radical (unpaired) electrons. The first kappa shape index (κ1) is 14.0. The van der Waals surface area contributed by atoms with E-state index < -0.39 is 6.17 Å². The molecule has 2 atom stereocenters. The SMILES string of the molecule is CCC(C)/C=C(/C)c1ccc(C(C)F)cc1C. The van der Waals surface area contributed by atoms with Crippen LogP contribution < -0.4 is 0 Å². The molecule has 0 aliphatic heterocycles. The molecule has 0 saturated heterocycles. The summed E-state index contributed by atoms with van der Waals surface area (Å²) in [6.07, 6.45) is 2.55. The predicted molar refractivity (Wildman–Crippen MR) is 73.8 cm³/mol. The number of hydrogen-bond donors (Lipinski definition) is 0. The Morgan fingerprint density at radius 2 is 2.00 bits per heavy atom. The van der Waals surface area contributed by atoms with Gasteiger partial charge in [-0.2, -0.15) is 0 Å². The Hall–Kier alpha value is -1.11. The van der Waals surface area contributed by atoms with Crippen LogP contribution in [0.15, 0.2) is 24.3 Å². The fraction of sp³-hybridized carbons (Fsp3) is 0.500. The van der Waals surface area contributed by atoms with Crippen LogP contribution in [0.1, 0.15) is 57.0 Å². The molecule has 0 bridgehead atoms. The first-order valence-corrected chi connectivity index (χ1v) is 6.39. The number of allylic oxidation sites excluding steroid dienone is 2. The highest BCUT2D eigenvalue weighted by Crippen LogP contribution is 2.25. The third-order valence-electron chi connectivity index (χ3n) is 3.31. The van der Waals surface area contributed by atoms with Gasteiger partial charge in [0, 0.05) is 0 Å². The molecule has 1 heteroatoms. The van der Waals surface area contributed by atoms with E-state index in [1.165, 1.54) is 11.1 Å². The Morgan fingerprint density at radius 3 is 2.47 bits per heavy atom.